The average molecular weight is 363 g/mol. The molecule has 0 aliphatic rings. The maximum atomic E-state index is 11.8. The van der Waals surface area contributed by atoms with Crippen LogP contribution in [0.1, 0.15) is 13.3 Å². The lowest BCUT2D eigenvalue weighted by atomic mass is 10.1. The number of nitrogens with one attached hydrogen (secondary N) is 1. The van der Waals surface area contributed by atoms with Gasteiger partial charge < -0.3 is 20.5 Å². The molecule has 1 aromatic carbocycles. The lowest BCUT2D eigenvalue weighted by Crippen LogP contribution is -2.43. The van der Waals surface area contributed by atoms with Crippen molar-refractivity contribution in [1.29, 1.82) is 0 Å². The minimum Gasteiger partial charge on any atom is -0.493 e. The van der Waals surface area contributed by atoms with E-state index in [4.69, 9.17) is 15.2 Å². The molecule has 23 heavy (non-hydrogen) atoms. The summed E-state index contributed by atoms with van der Waals surface area (Å²) in [6, 6.07) is 7.07. The summed E-state index contributed by atoms with van der Waals surface area (Å²) in [5, 5.41) is 2.87. The van der Waals surface area contributed by atoms with E-state index < -0.39 is 6.04 Å². The van der Waals surface area contributed by atoms with Crippen LogP contribution in [0.2, 0.25) is 0 Å². The van der Waals surface area contributed by atoms with Gasteiger partial charge in [-0.3, -0.25) is 4.79 Å². The Balaban J connectivity index is 0.00000484. The van der Waals surface area contributed by atoms with Gasteiger partial charge in [0.1, 0.15) is 0 Å². The van der Waals surface area contributed by atoms with Gasteiger partial charge in [-0.25, -0.2) is 0 Å². The minimum atomic E-state index is -0.435. The summed E-state index contributed by atoms with van der Waals surface area (Å²) in [5.41, 5.74) is 5.82. The van der Waals surface area contributed by atoms with Crippen molar-refractivity contribution in [3.05, 3.63) is 24.3 Å². The fourth-order valence-corrected chi connectivity index (χ4v) is 2.30. The summed E-state index contributed by atoms with van der Waals surface area (Å²) in [6.07, 6.45) is 2.70. The Morgan fingerprint density at radius 2 is 2.00 bits per heavy atom. The molecule has 0 radical (unpaired) electrons. The van der Waals surface area contributed by atoms with Gasteiger partial charge in [0.15, 0.2) is 11.5 Å². The monoisotopic (exact) mass is 362 g/mol. The number of hydrogen-bond donors (Lipinski definition) is 2. The molecule has 0 bridgehead atoms. The molecule has 0 aliphatic heterocycles. The molecular formula is C16H27ClN2O3S. The van der Waals surface area contributed by atoms with Gasteiger partial charge in [0, 0.05) is 12.5 Å². The van der Waals surface area contributed by atoms with Gasteiger partial charge in [0.05, 0.1) is 19.8 Å². The molecule has 1 aromatic rings. The van der Waals surface area contributed by atoms with E-state index in [0.717, 1.165) is 5.75 Å². The second-order valence-corrected chi connectivity index (χ2v) is 6.19. The number of methoxy groups -OCH3 is 1. The van der Waals surface area contributed by atoms with Gasteiger partial charge in [0.25, 0.3) is 0 Å². The number of carbonyl (C=O) groups is 1. The van der Waals surface area contributed by atoms with E-state index in [1.165, 1.54) is 0 Å². The number of carbonyl (C=O) groups excluding carboxylic acids is 1. The fourth-order valence-electron chi connectivity index (χ4n) is 1.81. The van der Waals surface area contributed by atoms with E-state index in [2.05, 4.69) is 5.32 Å². The van der Waals surface area contributed by atoms with Gasteiger partial charge in [0.2, 0.25) is 5.91 Å². The molecule has 5 nitrogen and oxygen atoms in total. The van der Waals surface area contributed by atoms with Crippen molar-refractivity contribution in [2.45, 2.75) is 19.4 Å². The van der Waals surface area contributed by atoms with Gasteiger partial charge >= 0.3 is 0 Å². The molecule has 0 aliphatic carbocycles. The van der Waals surface area contributed by atoms with Crippen molar-refractivity contribution in [1.82, 2.24) is 5.32 Å². The van der Waals surface area contributed by atoms with Gasteiger partial charge in [-0.05, 0) is 30.6 Å². The van der Waals surface area contributed by atoms with Gasteiger partial charge in [-0.15, -0.1) is 12.4 Å². The number of para-hydroxylation sites is 2. The summed E-state index contributed by atoms with van der Waals surface area (Å²) in [4.78, 5) is 11.8. The fraction of sp³-hybridized carbons (Fsp3) is 0.562. The van der Waals surface area contributed by atoms with Crippen molar-refractivity contribution in [3.8, 4) is 11.5 Å². The first-order valence-electron chi connectivity index (χ1n) is 7.36. The van der Waals surface area contributed by atoms with E-state index in [9.17, 15) is 4.79 Å². The summed E-state index contributed by atoms with van der Waals surface area (Å²) >= 11 is 1.69. The summed E-state index contributed by atoms with van der Waals surface area (Å²) in [5.74, 6) is 2.39. The molecule has 3 N–H and O–H groups in total. The molecule has 0 heterocycles. The van der Waals surface area contributed by atoms with Gasteiger partial charge in [-0.1, -0.05) is 19.1 Å². The molecule has 0 saturated carbocycles. The van der Waals surface area contributed by atoms with Crippen molar-refractivity contribution in [3.63, 3.8) is 0 Å². The second-order valence-electron chi connectivity index (χ2n) is 5.20. The van der Waals surface area contributed by atoms with Crippen LogP contribution in [0.4, 0.5) is 0 Å². The van der Waals surface area contributed by atoms with E-state index >= 15 is 0 Å². The summed E-state index contributed by atoms with van der Waals surface area (Å²) in [6.45, 7) is 3.06. The molecular weight excluding hydrogens is 336 g/mol. The number of amides is 1. The Morgan fingerprint density at radius 3 is 2.61 bits per heavy atom. The predicted octanol–water partition coefficient (Wildman–Crippen LogP) is 2.33. The summed E-state index contributed by atoms with van der Waals surface area (Å²) < 4.78 is 11.0. The number of hydrogen-bond acceptors (Lipinski definition) is 5. The van der Waals surface area contributed by atoms with Crippen LogP contribution in [0.5, 0.6) is 11.5 Å². The van der Waals surface area contributed by atoms with Crippen LogP contribution in [0.3, 0.4) is 0 Å². The second kappa shape index (κ2) is 12.3. The highest BCUT2D eigenvalue weighted by Crippen LogP contribution is 2.26. The molecule has 0 fully saturated rings. The zero-order valence-electron chi connectivity index (χ0n) is 13.9. The van der Waals surface area contributed by atoms with Crippen molar-refractivity contribution in [2.24, 2.45) is 11.7 Å². The first-order valence-corrected chi connectivity index (χ1v) is 8.76. The third-order valence-corrected chi connectivity index (χ3v) is 3.83. The highest BCUT2D eigenvalue weighted by atomic mass is 35.5. The number of halogens is 1. The SMILES string of the molecule is COc1ccccc1OCC(C)CNC(=O)C(N)CCSC.Cl. The maximum Gasteiger partial charge on any atom is 0.236 e. The lowest BCUT2D eigenvalue weighted by Gasteiger charge is -2.17. The Kier molecular flexibility index (Phi) is 11.7. The van der Waals surface area contributed by atoms with Crippen LogP contribution >= 0.6 is 24.2 Å². The topological polar surface area (TPSA) is 73.6 Å². The molecule has 7 heteroatoms. The van der Waals surface area contributed by atoms with Crippen LogP contribution in [-0.2, 0) is 4.79 Å². The van der Waals surface area contributed by atoms with E-state index in [1.54, 1.807) is 18.9 Å². The Bertz CT molecular complexity index is 463. The van der Waals surface area contributed by atoms with Crippen molar-refractivity contribution < 1.29 is 14.3 Å². The molecule has 1 amide bonds. The number of rotatable bonds is 10. The minimum absolute atomic E-state index is 0. The Labute approximate surface area is 149 Å². The molecule has 132 valence electrons. The standard InChI is InChI=1S/C16H26N2O3S.ClH/c1-12(10-18-16(19)13(17)8-9-22-3)11-21-15-7-5-4-6-14(15)20-2;/h4-7,12-13H,8-11,17H2,1-3H3,(H,18,19);1H. The highest BCUT2D eigenvalue weighted by molar-refractivity contribution is 7.98. The van der Waals surface area contributed by atoms with Crippen LogP contribution in [0.15, 0.2) is 24.3 Å². The first-order chi connectivity index (χ1) is 10.6. The third kappa shape index (κ3) is 8.34. The zero-order valence-corrected chi connectivity index (χ0v) is 15.5. The molecule has 2 unspecified atom stereocenters. The Hall–Kier alpha value is -1.11. The lowest BCUT2D eigenvalue weighted by molar-refractivity contribution is -0.122. The third-order valence-electron chi connectivity index (χ3n) is 3.19. The first kappa shape index (κ1) is 21.9. The highest BCUT2D eigenvalue weighted by Gasteiger charge is 2.14. The average Bonchev–Trinajstić information content (AvgIpc) is 2.55. The summed E-state index contributed by atoms with van der Waals surface area (Å²) in [7, 11) is 1.61. The largest absolute Gasteiger partial charge is 0.493 e. The number of benzene rings is 1. The van der Waals surface area contributed by atoms with Crippen LogP contribution in [0.25, 0.3) is 0 Å². The molecule has 1 rings (SSSR count). The molecule has 0 aromatic heterocycles. The molecule has 0 saturated heterocycles. The number of thioether (sulfide) groups is 1. The molecule has 0 spiro atoms. The quantitative estimate of drug-likeness (QED) is 0.668. The van der Waals surface area contributed by atoms with Crippen LogP contribution < -0.4 is 20.5 Å². The number of nitrogens with two attached hydrogens (primary N) is 1. The van der Waals surface area contributed by atoms with Crippen molar-refractivity contribution in [2.75, 3.05) is 32.3 Å². The predicted molar refractivity (Wildman–Crippen MR) is 98.9 cm³/mol. The van der Waals surface area contributed by atoms with Gasteiger partial charge in [-0.2, -0.15) is 11.8 Å². The van der Waals surface area contributed by atoms with Crippen LogP contribution in [-0.4, -0.2) is 44.2 Å². The van der Waals surface area contributed by atoms with E-state index in [0.29, 0.717) is 31.1 Å². The Morgan fingerprint density at radius 1 is 1.35 bits per heavy atom. The van der Waals surface area contributed by atoms with Crippen LogP contribution in [0, 0.1) is 5.92 Å². The molecule has 2 atom stereocenters. The van der Waals surface area contributed by atoms with Crippen molar-refractivity contribution >= 4 is 30.1 Å². The number of ether oxygens (including phenoxy) is 2. The normalized spacial score (nSPS) is 12.7. The van der Waals surface area contributed by atoms with E-state index in [1.807, 2.05) is 37.4 Å². The smallest absolute Gasteiger partial charge is 0.236 e. The van der Waals surface area contributed by atoms with E-state index in [-0.39, 0.29) is 24.2 Å². The zero-order chi connectivity index (χ0) is 16.4. The maximum absolute atomic E-state index is 11.8.